The molecule has 0 spiro atoms. The molecule has 0 saturated carbocycles. The maximum Gasteiger partial charge on any atom is 0.147 e. The molecule has 0 saturated heterocycles. The van der Waals surface area contributed by atoms with Crippen LogP contribution in [0.25, 0.3) is 0 Å². The lowest BCUT2D eigenvalue weighted by molar-refractivity contribution is -0.121. The molecule has 2 rings (SSSR count). The Morgan fingerprint density at radius 3 is 2.60 bits per heavy atom. The van der Waals surface area contributed by atoms with Gasteiger partial charge >= 0.3 is 0 Å². The lowest BCUT2D eigenvalue weighted by Gasteiger charge is -2.20. The van der Waals surface area contributed by atoms with Gasteiger partial charge in [0.2, 0.25) is 0 Å². The van der Waals surface area contributed by atoms with Gasteiger partial charge in [-0.05, 0) is 49.6 Å². The quantitative estimate of drug-likeness (QED) is 0.702. The number of Topliss-reactive ketones (excluding diaryl/α,β-unsaturated/α-hetero) is 1. The molecule has 0 amide bonds. The van der Waals surface area contributed by atoms with E-state index in [-0.39, 0.29) is 5.41 Å². The number of fused-ring (bicyclic) bond motifs is 1. The molecule has 0 unspecified atom stereocenters. The fourth-order valence-corrected chi connectivity index (χ4v) is 2.51. The Labute approximate surface area is 90.3 Å². The average molecular weight is 204 g/mol. The van der Waals surface area contributed by atoms with Crippen LogP contribution in [0, 0.1) is 6.92 Å². The summed E-state index contributed by atoms with van der Waals surface area (Å²) in [6, 6.07) is 3.98. The molecule has 15 heavy (non-hydrogen) atoms. The lowest BCUT2D eigenvalue weighted by atomic mass is 9.83. The van der Waals surface area contributed by atoms with Crippen LogP contribution < -0.4 is 4.74 Å². The molecule has 1 aliphatic carbocycles. The SMILES string of the molecule is COc1cc(C)c2c(c1)CC(=O)C2(C)C. The van der Waals surface area contributed by atoms with Gasteiger partial charge in [-0.3, -0.25) is 4.79 Å². The van der Waals surface area contributed by atoms with Crippen molar-refractivity contribution in [2.24, 2.45) is 0 Å². The molecule has 80 valence electrons. The van der Waals surface area contributed by atoms with Gasteiger partial charge in [-0.1, -0.05) is 0 Å². The van der Waals surface area contributed by atoms with Crippen molar-refractivity contribution in [1.82, 2.24) is 0 Å². The highest BCUT2D eigenvalue weighted by Crippen LogP contribution is 2.39. The molecule has 1 aromatic carbocycles. The van der Waals surface area contributed by atoms with Crippen molar-refractivity contribution in [3.05, 3.63) is 28.8 Å². The molecule has 0 N–H and O–H groups in total. The van der Waals surface area contributed by atoms with Crippen molar-refractivity contribution in [1.29, 1.82) is 0 Å². The number of ketones is 1. The molecule has 2 heteroatoms. The monoisotopic (exact) mass is 204 g/mol. The Balaban J connectivity index is 2.65. The summed E-state index contributed by atoms with van der Waals surface area (Å²) in [6.45, 7) is 6.04. The minimum atomic E-state index is -0.328. The number of rotatable bonds is 1. The summed E-state index contributed by atoms with van der Waals surface area (Å²) in [5.74, 6) is 1.14. The first-order chi connectivity index (χ1) is 6.96. The number of hydrogen-bond donors (Lipinski definition) is 0. The molecular weight excluding hydrogens is 188 g/mol. The number of carbonyl (C=O) groups is 1. The third-order valence-corrected chi connectivity index (χ3v) is 3.30. The van der Waals surface area contributed by atoms with Gasteiger partial charge in [0.05, 0.1) is 7.11 Å². The Morgan fingerprint density at radius 1 is 1.33 bits per heavy atom. The fourth-order valence-electron chi connectivity index (χ4n) is 2.51. The van der Waals surface area contributed by atoms with Crippen molar-refractivity contribution in [3.8, 4) is 5.75 Å². The molecule has 0 fully saturated rings. The normalized spacial score (nSPS) is 17.7. The van der Waals surface area contributed by atoms with Gasteiger partial charge < -0.3 is 4.74 Å². The molecule has 0 aromatic heterocycles. The van der Waals surface area contributed by atoms with E-state index < -0.39 is 0 Å². The predicted octanol–water partition coefficient (Wildman–Crippen LogP) is 2.41. The van der Waals surface area contributed by atoms with Crippen molar-refractivity contribution in [3.63, 3.8) is 0 Å². The van der Waals surface area contributed by atoms with E-state index in [0.29, 0.717) is 12.2 Å². The molecule has 2 nitrogen and oxygen atoms in total. The fraction of sp³-hybridized carbons (Fsp3) is 0.462. The van der Waals surface area contributed by atoms with Gasteiger partial charge in [-0.15, -0.1) is 0 Å². The number of hydrogen-bond acceptors (Lipinski definition) is 2. The number of carbonyl (C=O) groups excluding carboxylic acids is 1. The zero-order valence-corrected chi connectivity index (χ0v) is 9.68. The van der Waals surface area contributed by atoms with Gasteiger partial charge in [0.1, 0.15) is 11.5 Å². The second-order valence-electron chi connectivity index (χ2n) is 4.70. The highest BCUT2D eigenvalue weighted by atomic mass is 16.5. The molecule has 0 radical (unpaired) electrons. The molecule has 1 aliphatic rings. The van der Waals surface area contributed by atoms with Crippen LogP contribution in [0.4, 0.5) is 0 Å². The minimum Gasteiger partial charge on any atom is -0.497 e. The summed E-state index contributed by atoms with van der Waals surface area (Å²) in [5, 5.41) is 0. The van der Waals surface area contributed by atoms with Gasteiger partial charge in [0.15, 0.2) is 0 Å². The highest BCUT2D eigenvalue weighted by molar-refractivity contribution is 5.96. The van der Waals surface area contributed by atoms with E-state index in [0.717, 1.165) is 16.9 Å². The Kier molecular flexibility index (Phi) is 2.10. The second kappa shape index (κ2) is 3.09. The van der Waals surface area contributed by atoms with E-state index >= 15 is 0 Å². The molecule has 0 bridgehead atoms. The van der Waals surface area contributed by atoms with Crippen molar-refractivity contribution in [2.45, 2.75) is 32.6 Å². The van der Waals surface area contributed by atoms with Crippen LogP contribution in [0.15, 0.2) is 12.1 Å². The van der Waals surface area contributed by atoms with Crippen LogP contribution >= 0.6 is 0 Å². The van der Waals surface area contributed by atoms with E-state index in [9.17, 15) is 4.79 Å². The van der Waals surface area contributed by atoms with Crippen LogP contribution in [0.2, 0.25) is 0 Å². The van der Waals surface area contributed by atoms with Crippen LogP contribution in [0.3, 0.4) is 0 Å². The first-order valence-corrected chi connectivity index (χ1v) is 5.18. The lowest BCUT2D eigenvalue weighted by Crippen LogP contribution is -2.24. The molecular formula is C13H16O2. The van der Waals surface area contributed by atoms with E-state index in [1.54, 1.807) is 7.11 Å². The standard InChI is InChI=1S/C13H16O2/c1-8-5-10(15-4)6-9-7-11(14)13(2,3)12(8)9/h5-6H,7H2,1-4H3. The van der Waals surface area contributed by atoms with Crippen molar-refractivity contribution < 1.29 is 9.53 Å². The van der Waals surface area contributed by atoms with Crippen molar-refractivity contribution in [2.75, 3.05) is 7.11 Å². The molecule has 0 atom stereocenters. The van der Waals surface area contributed by atoms with Crippen LogP contribution in [-0.4, -0.2) is 12.9 Å². The second-order valence-corrected chi connectivity index (χ2v) is 4.70. The highest BCUT2D eigenvalue weighted by Gasteiger charge is 2.39. The van der Waals surface area contributed by atoms with Crippen LogP contribution in [0.1, 0.15) is 30.5 Å². The van der Waals surface area contributed by atoms with Crippen LogP contribution in [0.5, 0.6) is 5.75 Å². The minimum absolute atomic E-state index is 0.300. The zero-order valence-electron chi connectivity index (χ0n) is 9.68. The summed E-state index contributed by atoms with van der Waals surface area (Å²) in [6.07, 6.45) is 0.542. The van der Waals surface area contributed by atoms with Gasteiger partial charge in [-0.2, -0.15) is 0 Å². The summed E-state index contributed by atoms with van der Waals surface area (Å²) in [4.78, 5) is 11.9. The number of aryl methyl sites for hydroxylation is 1. The largest absolute Gasteiger partial charge is 0.497 e. The number of benzene rings is 1. The number of ether oxygens (including phenoxy) is 1. The van der Waals surface area contributed by atoms with Gasteiger partial charge in [-0.25, -0.2) is 0 Å². The van der Waals surface area contributed by atoms with E-state index in [1.807, 2.05) is 32.9 Å². The smallest absolute Gasteiger partial charge is 0.147 e. The van der Waals surface area contributed by atoms with E-state index in [1.165, 1.54) is 5.56 Å². The maximum absolute atomic E-state index is 11.9. The van der Waals surface area contributed by atoms with Crippen molar-refractivity contribution >= 4 is 5.78 Å². The summed E-state index contributed by atoms with van der Waals surface area (Å²) in [5.41, 5.74) is 3.14. The Hall–Kier alpha value is -1.31. The third kappa shape index (κ3) is 1.36. The third-order valence-electron chi connectivity index (χ3n) is 3.30. The molecule has 0 heterocycles. The van der Waals surface area contributed by atoms with Gasteiger partial charge in [0.25, 0.3) is 0 Å². The average Bonchev–Trinajstić information content (AvgIpc) is 2.37. The maximum atomic E-state index is 11.9. The molecule has 1 aromatic rings. The summed E-state index contributed by atoms with van der Waals surface area (Å²) >= 11 is 0. The van der Waals surface area contributed by atoms with E-state index in [2.05, 4.69) is 0 Å². The Bertz CT molecular complexity index is 430. The van der Waals surface area contributed by atoms with Crippen LogP contribution in [-0.2, 0) is 16.6 Å². The topological polar surface area (TPSA) is 26.3 Å². The molecule has 0 aliphatic heterocycles. The first-order valence-electron chi connectivity index (χ1n) is 5.18. The number of methoxy groups -OCH3 is 1. The predicted molar refractivity (Wildman–Crippen MR) is 59.5 cm³/mol. The zero-order chi connectivity index (χ0) is 11.2. The van der Waals surface area contributed by atoms with Gasteiger partial charge in [0, 0.05) is 11.8 Å². The first kappa shape index (κ1) is 10.2. The summed E-state index contributed by atoms with van der Waals surface area (Å²) in [7, 11) is 1.66. The summed E-state index contributed by atoms with van der Waals surface area (Å²) < 4.78 is 5.21. The van der Waals surface area contributed by atoms with E-state index in [4.69, 9.17) is 4.74 Å². The Morgan fingerprint density at radius 2 is 2.00 bits per heavy atom.